The van der Waals surface area contributed by atoms with E-state index in [9.17, 15) is 13.2 Å². The zero-order valence-electron chi connectivity index (χ0n) is 15.4. The molecule has 7 nitrogen and oxygen atoms in total. The lowest BCUT2D eigenvalue weighted by Crippen LogP contribution is -2.48. The first-order valence-electron chi connectivity index (χ1n) is 8.66. The number of hydrogen-bond acceptors (Lipinski definition) is 5. The first-order chi connectivity index (χ1) is 12.9. The van der Waals surface area contributed by atoms with Crippen LogP contribution in [-0.4, -0.2) is 52.5 Å². The van der Waals surface area contributed by atoms with Crippen molar-refractivity contribution in [3.63, 3.8) is 0 Å². The van der Waals surface area contributed by atoms with Gasteiger partial charge in [-0.1, -0.05) is 6.07 Å². The molecule has 0 radical (unpaired) electrons. The molecule has 1 aliphatic rings. The summed E-state index contributed by atoms with van der Waals surface area (Å²) in [6.45, 7) is 4.33. The van der Waals surface area contributed by atoms with Crippen LogP contribution >= 0.6 is 0 Å². The van der Waals surface area contributed by atoms with E-state index in [1.165, 1.54) is 19.2 Å². The Morgan fingerprint density at radius 1 is 1.04 bits per heavy atom. The zero-order valence-corrected chi connectivity index (χ0v) is 16.2. The number of piperazine rings is 1. The van der Waals surface area contributed by atoms with Gasteiger partial charge in [0.25, 0.3) is 10.0 Å². The molecule has 0 aromatic heterocycles. The second-order valence-electron chi connectivity index (χ2n) is 6.32. The molecule has 0 unspecified atom stereocenters. The fraction of sp³-hybridized carbons (Fsp3) is 0.316. The Morgan fingerprint density at radius 3 is 2.30 bits per heavy atom. The van der Waals surface area contributed by atoms with E-state index in [1.54, 1.807) is 25.1 Å². The highest BCUT2D eigenvalue weighted by atomic mass is 32.2. The molecule has 0 spiro atoms. The predicted octanol–water partition coefficient (Wildman–Crippen LogP) is 2.16. The minimum Gasteiger partial charge on any atom is -0.497 e. The smallest absolute Gasteiger partial charge is 0.261 e. The highest BCUT2D eigenvalue weighted by Crippen LogP contribution is 2.24. The average Bonchev–Trinajstić information content (AvgIpc) is 2.68. The Morgan fingerprint density at radius 2 is 1.70 bits per heavy atom. The summed E-state index contributed by atoms with van der Waals surface area (Å²) in [5, 5.41) is 0. The summed E-state index contributed by atoms with van der Waals surface area (Å²) in [6, 6.07) is 13.5. The number of nitrogens with one attached hydrogen (secondary N) is 1. The van der Waals surface area contributed by atoms with Crippen LogP contribution in [0.15, 0.2) is 53.4 Å². The van der Waals surface area contributed by atoms with Gasteiger partial charge in [-0.15, -0.1) is 0 Å². The molecule has 1 amide bonds. The summed E-state index contributed by atoms with van der Waals surface area (Å²) >= 11 is 0. The van der Waals surface area contributed by atoms with Gasteiger partial charge >= 0.3 is 0 Å². The number of hydrogen-bond donors (Lipinski definition) is 1. The third kappa shape index (κ3) is 4.51. The topological polar surface area (TPSA) is 79.0 Å². The molecule has 27 heavy (non-hydrogen) atoms. The van der Waals surface area contributed by atoms with Crippen LogP contribution in [0.25, 0.3) is 0 Å². The summed E-state index contributed by atoms with van der Waals surface area (Å²) in [6.07, 6.45) is 0. The molecule has 8 heteroatoms. The molecule has 1 saturated heterocycles. The third-order valence-corrected chi connectivity index (χ3v) is 5.96. The number of carbonyl (C=O) groups is 1. The van der Waals surface area contributed by atoms with Crippen molar-refractivity contribution in [2.75, 3.05) is 42.9 Å². The van der Waals surface area contributed by atoms with E-state index >= 15 is 0 Å². The quantitative estimate of drug-likeness (QED) is 0.848. The van der Waals surface area contributed by atoms with Gasteiger partial charge in [0.2, 0.25) is 5.91 Å². The van der Waals surface area contributed by atoms with Crippen LogP contribution in [0.4, 0.5) is 11.4 Å². The van der Waals surface area contributed by atoms with Gasteiger partial charge in [-0.3, -0.25) is 9.52 Å². The van der Waals surface area contributed by atoms with E-state index in [2.05, 4.69) is 9.62 Å². The first-order valence-corrected chi connectivity index (χ1v) is 10.1. The molecule has 0 bridgehead atoms. The lowest BCUT2D eigenvalue weighted by molar-refractivity contribution is -0.129. The summed E-state index contributed by atoms with van der Waals surface area (Å²) in [7, 11) is -2.15. The zero-order chi connectivity index (χ0) is 19.4. The summed E-state index contributed by atoms with van der Waals surface area (Å²) in [4.78, 5) is 15.6. The van der Waals surface area contributed by atoms with Crippen molar-refractivity contribution in [2.24, 2.45) is 0 Å². The Labute approximate surface area is 159 Å². The van der Waals surface area contributed by atoms with Gasteiger partial charge in [-0.05, 0) is 42.5 Å². The number of carbonyl (C=O) groups excluding carboxylic acids is 1. The third-order valence-electron chi connectivity index (χ3n) is 4.56. The maximum Gasteiger partial charge on any atom is 0.261 e. The predicted molar refractivity (Wildman–Crippen MR) is 105 cm³/mol. The van der Waals surface area contributed by atoms with Crippen molar-refractivity contribution >= 4 is 27.3 Å². The van der Waals surface area contributed by atoms with Crippen LogP contribution in [0.1, 0.15) is 6.92 Å². The number of benzene rings is 2. The molecule has 2 aromatic rings. The van der Waals surface area contributed by atoms with Gasteiger partial charge in [-0.2, -0.15) is 0 Å². The standard InChI is InChI=1S/C19H23N3O4S/c1-15(23)21-10-12-22(13-11-21)17-5-3-4-16(14-17)20-27(24,25)19-8-6-18(26-2)7-9-19/h3-9,14,20H,10-13H2,1-2H3. The number of methoxy groups -OCH3 is 1. The van der Waals surface area contributed by atoms with E-state index in [4.69, 9.17) is 4.74 Å². The van der Waals surface area contributed by atoms with Crippen LogP contribution in [0.5, 0.6) is 5.75 Å². The number of ether oxygens (including phenoxy) is 1. The van der Waals surface area contributed by atoms with Gasteiger partial charge in [0.1, 0.15) is 5.75 Å². The second-order valence-corrected chi connectivity index (χ2v) is 8.01. The molecule has 1 heterocycles. The van der Waals surface area contributed by atoms with E-state index in [-0.39, 0.29) is 10.8 Å². The average molecular weight is 389 g/mol. The lowest BCUT2D eigenvalue weighted by Gasteiger charge is -2.35. The minimum absolute atomic E-state index is 0.0793. The van der Waals surface area contributed by atoms with E-state index in [0.717, 1.165) is 5.69 Å². The number of nitrogens with zero attached hydrogens (tertiary/aromatic N) is 2. The molecule has 0 atom stereocenters. The molecule has 1 aliphatic heterocycles. The van der Waals surface area contributed by atoms with Crippen molar-refractivity contribution in [1.82, 2.24) is 4.90 Å². The SMILES string of the molecule is COc1ccc(S(=O)(=O)Nc2cccc(N3CCN(C(C)=O)CC3)c2)cc1. The molecular formula is C19H23N3O4S. The highest BCUT2D eigenvalue weighted by molar-refractivity contribution is 7.92. The van der Waals surface area contributed by atoms with Crippen molar-refractivity contribution in [2.45, 2.75) is 11.8 Å². The molecule has 2 aromatic carbocycles. The minimum atomic E-state index is -3.68. The number of amides is 1. The van der Waals surface area contributed by atoms with Crippen LogP contribution < -0.4 is 14.4 Å². The molecule has 1 N–H and O–H groups in total. The summed E-state index contributed by atoms with van der Waals surface area (Å²) in [5.74, 6) is 0.677. The Balaban J connectivity index is 1.72. The van der Waals surface area contributed by atoms with Crippen LogP contribution in [0, 0.1) is 0 Å². The fourth-order valence-corrected chi connectivity index (χ4v) is 4.06. The van der Waals surface area contributed by atoms with Crippen LogP contribution in [0.2, 0.25) is 0 Å². The monoisotopic (exact) mass is 389 g/mol. The summed E-state index contributed by atoms with van der Waals surface area (Å²) < 4.78 is 32.9. The van der Waals surface area contributed by atoms with E-state index < -0.39 is 10.0 Å². The van der Waals surface area contributed by atoms with Gasteiger partial charge in [0, 0.05) is 38.8 Å². The van der Waals surface area contributed by atoms with Crippen LogP contribution in [0.3, 0.4) is 0 Å². The van der Waals surface area contributed by atoms with Crippen molar-refractivity contribution in [1.29, 1.82) is 0 Å². The van der Waals surface area contributed by atoms with Crippen LogP contribution in [-0.2, 0) is 14.8 Å². The normalized spacial score (nSPS) is 14.7. The number of rotatable bonds is 5. The van der Waals surface area contributed by atoms with Gasteiger partial charge in [0.15, 0.2) is 0 Å². The highest BCUT2D eigenvalue weighted by Gasteiger charge is 2.20. The van der Waals surface area contributed by atoms with Gasteiger partial charge in [-0.25, -0.2) is 8.42 Å². The van der Waals surface area contributed by atoms with Gasteiger partial charge < -0.3 is 14.5 Å². The second kappa shape index (κ2) is 7.87. The molecular weight excluding hydrogens is 366 g/mol. The molecule has 3 rings (SSSR count). The molecule has 1 fully saturated rings. The van der Waals surface area contributed by atoms with E-state index in [1.807, 2.05) is 23.1 Å². The van der Waals surface area contributed by atoms with Crippen molar-refractivity contribution in [3.05, 3.63) is 48.5 Å². The maximum atomic E-state index is 12.6. The Hall–Kier alpha value is -2.74. The Kier molecular flexibility index (Phi) is 5.55. The number of sulfonamides is 1. The lowest BCUT2D eigenvalue weighted by atomic mass is 10.2. The molecule has 0 aliphatic carbocycles. The Bertz CT molecular complexity index is 905. The molecule has 144 valence electrons. The molecule has 0 saturated carbocycles. The maximum absolute atomic E-state index is 12.6. The largest absolute Gasteiger partial charge is 0.497 e. The van der Waals surface area contributed by atoms with Gasteiger partial charge in [0.05, 0.1) is 17.7 Å². The fourth-order valence-electron chi connectivity index (χ4n) is 3.01. The van der Waals surface area contributed by atoms with E-state index in [0.29, 0.717) is 37.6 Å². The number of anilines is 2. The first kappa shape index (κ1) is 19.0. The van der Waals surface area contributed by atoms with Crippen molar-refractivity contribution in [3.8, 4) is 5.75 Å². The van der Waals surface area contributed by atoms with Crippen molar-refractivity contribution < 1.29 is 17.9 Å². The summed E-state index contributed by atoms with van der Waals surface area (Å²) in [5.41, 5.74) is 1.42.